The van der Waals surface area contributed by atoms with Crippen LogP contribution >= 0.6 is 0 Å². The molecule has 0 saturated heterocycles. The number of hydrogen-bond acceptors (Lipinski definition) is 5. The largest absolute Gasteiger partial charge is 0.488 e. The Morgan fingerprint density at radius 3 is 2.28 bits per heavy atom. The number of anilines is 1. The van der Waals surface area contributed by atoms with Gasteiger partial charge in [-0.25, -0.2) is 4.79 Å². The highest BCUT2D eigenvalue weighted by atomic mass is 16.5. The molecule has 2 N–H and O–H groups in total. The van der Waals surface area contributed by atoms with Gasteiger partial charge in [-0.2, -0.15) is 0 Å². The molecule has 0 radical (unpaired) electrons. The van der Waals surface area contributed by atoms with E-state index in [4.69, 9.17) is 14.6 Å². The number of carboxylic acids is 1. The molecule has 0 aliphatic carbocycles. The third kappa shape index (κ3) is 3.99. The predicted octanol–water partition coefficient (Wildman–Crippen LogP) is 3.65. The summed E-state index contributed by atoms with van der Waals surface area (Å²) in [4.78, 5) is 35.1. The second-order valence-electron chi connectivity index (χ2n) is 6.84. The van der Waals surface area contributed by atoms with Crippen molar-refractivity contribution in [3.8, 4) is 11.5 Å². The Labute approximate surface area is 167 Å². The molecular formula is C22H21NO6. The molecule has 29 heavy (non-hydrogen) atoms. The van der Waals surface area contributed by atoms with E-state index in [1.807, 2.05) is 20.8 Å². The Morgan fingerprint density at radius 2 is 1.69 bits per heavy atom. The summed E-state index contributed by atoms with van der Waals surface area (Å²) in [6.45, 7) is 6.99. The number of carbonyl (C=O) groups is 3. The third-order valence-electron chi connectivity index (χ3n) is 4.85. The summed E-state index contributed by atoms with van der Waals surface area (Å²) in [6.07, 6.45) is 1.73. The first kappa shape index (κ1) is 20.1. The summed E-state index contributed by atoms with van der Waals surface area (Å²) in [5.41, 5.74) is 4.09. The average molecular weight is 395 g/mol. The highest BCUT2D eigenvalue weighted by Gasteiger charge is 2.25. The van der Waals surface area contributed by atoms with Crippen molar-refractivity contribution in [2.45, 2.75) is 27.7 Å². The van der Waals surface area contributed by atoms with Crippen molar-refractivity contribution in [1.82, 2.24) is 0 Å². The normalized spacial score (nSPS) is 12.3. The van der Waals surface area contributed by atoms with Crippen LogP contribution in [0.5, 0.6) is 11.5 Å². The number of benzene rings is 2. The van der Waals surface area contributed by atoms with Gasteiger partial charge in [-0.05, 0) is 62.2 Å². The fourth-order valence-corrected chi connectivity index (χ4v) is 3.18. The van der Waals surface area contributed by atoms with Gasteiger partial charge in [0.05, 0.1) is 11.1 Å². The first-order valence-corrected chi connectivity index (χ1v) is 8.99. The average Bonchev–Trinajstić information content (AvgIpc) is 2.69. The molecule has 1 aliphatic heterocycles. The Hall–Kier alpha value is -3.61. The lowest BCUT2D eigenvalue weighted by Gasteiger charge is -2.24. The molecule has 150 valence electrons. The van der Waals surface area contributed by atoms with Crippen molar-refractivity contribution in [1.29, 1.82) is 0 Å². The van der Waals surface area contributed by atoms with Crippen LogP contribution in [0, 0.1) is 20.8 Å². The molecule has 7 nitrogen and oxygen atoms in total. The van der Waals surface area contributed by atoms with Crippen LogP contribution < -0.4 is 14.8 Å². The van der Waals surface area contributed by atoms with E-state index in [0.29, 0.717) is 33.9 Å². The number of nitrogens with one attached hydrogen (secondary N) is 1. The molecule has 0 fully saturated rings. The number of amides is 1. The second kappa shape index (κ2) is 7.79. The number of esters is 1. The summed E-state index contributed by atoms with van der Waals surface area (Å²) in [6, 6.07) is 5.88. The maximum Gasteiger partial charge on any atom is 0.335 e. The summed E-state index contributed by atoms with van der Waals surface area (Å²) in [5, 5.41) is 11.7. The van der Waals surface area contributed by atoms with Gasteiger partial charge >= 0.3 is 11.9 Å². The van der Waals surface area contributed by atoms with E-state index < -0.39 is 11.9 Å². The van der Waals surface area contributed by atoms with Gasteiger partial charge < -0.3 is 19.9 Å². The third-order valence-corrected chi connectivity index (χ3v) is 4.85. The molecule has 1 heterocycles. The van der Waals surface area contributed by atoms with Gasteiger partial charge in [-0.3, -0.25) is 9.59 Å². The monoisotopic (exact) mass is 395 g/mol. The Kier molecular flexibility index (Phi) is 5.41. The van der Waals surface area contributed by atoms with Gasteiger partial charge in [0.1, 0.15) is 18.1 Å². The van der Waals surface area contributed by atoms with E-state index >= 15 is 0 Å². The Morgan fingerprint density at radius 1 is 1.03 bits per heavy atom. The molecule has 7 heteroatoms. The van der Waals surface area contributed by atoms with E-state index in [0.717, 1.165) is 11.1 Å². The minimum absolute atomic E-state index is 0.0959. The zero-order valence-corrected chi connectivity index (χ0v) is 16.6. The standard InChI is InChI=1S/C22H21NO6/c1-11-12(2)20-18(13(3)19(11)29-14(4)24)9-16(10-28-20)21(25)23-17-7-5-15(6-8-17)22(26)27/h5-9H,10H2,1-4H3,(H,23,25)(H,26,27). The lowest BCUT2D eigenvalue weighted by Crippen LogP contribution is -2.22. The fourth-order valence-electron chi connectivity index (χ4n) is 3.18. The van der Waals surface area contributed by atoms with Crippen LogP contribution in [-0.4, -0.2) is 29.6 Å². The molecule has 0 bridgehead atoms. The Bertz CT molecular complexity index is 1050. The van der Waals surface area contributed by atoms with Crippen LogP contribution in [0.2, 0.25) is 0 Å². The molecule has 0 unspecified atom stereocenters. The number of ether oxygens (including phenoxy) is 2. The van der Waals surface area contributed by atoms with Gasteiger partial charge in [0, 0.05) is 23.7 Å². The molecule has 0 atom stereocenters. The van der Waals surface area contributed by atoms with E-state index in [-0.39, 0.29) is 18.1 Å². The molecule has 1 aliphatic rings. The summed E-state index contributed by atoms with van der Waals surface area (Å²) in [7, 11) is 0. The van der Waals surface area contributed by atoms with Crippen molar-refractivity contribution in [3.63, 3.8) is 0 Å². The highest BCUT2D eigenvalue weighted by molar-refractivity contribution is 6.08. The minimum atomic E-state index is -1.03. The summed E-state index contributed by atoms with van der Waals surface area (Å²) >= 11 is 0. The quantitative estimate of drug-likeness (QED) is 0.605. The van der Waals surface area contributed by atoms with Crippen molar-refractivity contribution in [2.75, 3.05) is 11.9 Å². The maximum absolute atomic E-state index is 12.7. The number of aromatic carboxylic acids is 1. The van der Waals surface area contributed by atoms with Crippen molar-refractivity contribution >= 4 is 29.6 Å². The lowest BCUT2D eigenvalue weighted by atomic mass is 9.94. The number of carboxylic acid groups (broad SMARTS) is 1. The van der Waals surface area contributed by atoms with Gasteiger partial charge in [-0.1, -0.05) is 0 Å². The van der Waals surface area contributed by atoms with Gasteiger partial charge in [0.15, 0.2) is 0 Å². The number of hydrogen-bond donors (Lipinski definition) is 2. The molecular weight excluding hydrogens is 374 g/mol. The topological polar surface area (TPSA) is 102 Å². The smallest absolute Gasteiger partial charge is 0.335 e. The van der Waals surface area contributed by atoms with Crippen LogP contribution in [0.25, 0.3) is 6.08 Å². The van der Waals surface area contributed by atoms with Gasteiger partial charge in [0.2, 0.25) is 0 Å². The van der Waals surface area contributed by atoms with Crippen LogP contribution in [0.4, 0.5) is 5.69 Å². The fraction of sp³-hybridized carbons (Fsp3) is 0.227. The molecule has 2 aromatic rings. The van der Waals surface area contributed by atoms with Crippen LogP contribution in [0.1, 0.15) is 39.5 Å². The maximum atomic E-state index is 12.7. The SMILES string of the molecule is CC(=O)Oc1c(C)c(C)c2c(c1C)C=C(C(=O)Nc1ccc(C(=O)O)cc1)CO2. The summed E-state index contributed by atoms with van der Waals surface area (Å²) in [5.74, 6) is -0.671. The zero-order valence-electron chi connectivity index (χ0n) is 16.6. The van der Waals surface area contributed by atoms with E-state index in [2.05, 4.69) is 5.32 Å². The molecule has 1 amide bonds. The number of rotatable bonds is 4. The molecule has 2 aromatic carbocycles. The molecule has 0 spiro atoms. The number of fused-ring (bicyclic) bond motifs is 1. The lowest BCUT2D eigenvalue weighted by molar-refractivity contribution is -0.132. The van der Waals surface area contributed by atoms with Crippen LogP contribution in [0.15, 0.2) is 29.8 Å². The van der Waals surface area contributed by atoms with Gasteiger partial charge in [-0.15, -0.1) is 0 Å². The zero-order chi connectivity index (χ0) is 21.3. The van der Waals surface area contributed by atoms with E-state index in [1.54, 1.807) is 6.08 Å². The van der Waals surface area contributed by atoms with Crippen LogP contribution in [0.3, 0.4) is 0 Å². The van der Waals surface area contributed by atoms with E-state index in [1.165, 1.54) is 31.2 Å². The second-order valence-corrected chi connectivity index (χ2v) is 6.84. The summed E-state index contributed by atoms with van der Waals surface area (Å²) < 4.78 is 11.2. The van der Waals surface area contributed by atoms with Gasteiger partial charge in [0.25, 0.3) is 5.91 Å². The van der Waals surface area contributed by atoms with Crippen LogP contribution in [-0.2, 0) is 9.59 Å². The molecule has 0 saturated carbocycles. The molecule has 0 aromatic heterocycles. The van der Waals surface area contributed by atoms with E-state index in [9.17, 15) is 14.4 Å². The van der Waals surface area contributed by atoms with Crippen molar-refractivity contribution in [2.24, 2.45) is 0 Å². The number of carbonyl (C=O) groups excluding carboxylic acids is 2. The minimum Gasteiger partial charge on any atom is -0.488 e. The van der Waals surface area contributed by atoms with Crippen molar-refractivity contribution < 1.29 is 29.0 Å². The van der Waals surface area contributed by atoms with Crippen molar-refractivity contribution in [3.05, 3.63) is 57.7 Å². The molecule has 3 rings (SSSR count). The first-order chi connectivity index (χ1) is 13.7. The first-order valence-electron chi connectivity index (χ1n) is 8.99. The highest BCUT2D eigenvalue weighted by Crippen LogP contribution is 2.41. The Balaban J connectivity index is 1.92. The predicted molar refractivity (Wildman–Crippen MR) is 107 cm³/mol.